The van der Waals surface area contributed by atoms with Crippen LogP contribution in [-0.4, -0.2) is 22.5 Å². The molecule has 5 nitrogen and oxygen atoms in total. The molecule has 0 radical (unpaired) electrons. The van der Waals surface area contributed by atoms with Gasteiger partial charge in [-0.25, -0.2) is 0 Å². The highest BCUT2D eigenvalue weighted by molar-refractivity contribution is 7.71. The topological polar surface area (TPSA) is 66.9 Å². The maximum atomic E-state index is 12.4. The van der Waals surface area contributed by atoms with E-state index in [9.17, 15) is 9.59 Å². The summed E-state index contributed by atoms with van der Waals surface area (Å²) in [6.07, 6.45) is 0.238. The number of fused-ring (bicyclic) bond motifs is 1. The molecule has 102 valence electrons. The van der Waals surface area contributed by atoms with E-state index >= 15 is 0 Å². The second-order valence-electron chi connectivity index (χ2n) is 4.30. The van der Waals surface area contributed by atoms with Crippen LogP contribution in [0.1, 0.15) is 16.9 Å². The van der Waals surface area contributed by atoms with Crippen molar-refractivity contribution in [3.05, 3.63) is 25.6 Å². The summed E-state index contributed by atoms with van der Waals surface area (Å²) in [5.41, 5.74) is 0.856. The molecule has 0 saturated carbocycles. The fourth-order valence-corrected chi connectivity index (χ4v) is 3.30. The Labute approximate surface area is 119 Å². The number of hydrogen-bond acceptors (Lipinski definition) is 4. The van der Waals surface area contributed by atoms with Gasteiger partial charge in [-0.05, 0) is 31.6 Å². The van der Waals surface area contributed by atoms with Gasteiger partial charge in [0.15, 0.2) is 4.77 Å². The molecule has 2 aromatic rings. The Balaban J connectivity index is 2.56. The van der Waals surface area contributed by atoms with Crippen LogP contribution in [0.25, 0.3) is 10.2 Å². The number of amides is 1. The van der Waals surface area contributed by atoms with Gasteiger partial charge in [-0.3, -0.25) is 14.2 Å². The van der Waals surface area contributed by atoms with E-state index in [4.69, 9.17) is 12.2 Å². The van der Waals surface area contributed by atoms with Crippen molar-refractivity contribution in [1.82, 2.24) is 14.9 Å². The highest BCUT2D eigenvalue weighted by atomic mass is 32.1. The van der Waals surface area contributed by atoms with Crippen molar-refractivity contribution in [3.63, 3.8) is 0 Å². The van der Waals surface area contributed by atoms with E-state index in [0.29, 0.717) is 10.2 Å². The van der Waals surface area contributed by atoms with Crippen LogP contribution in [0, 0.1) is 18.6 Å². The summed E-state index contributed by atoms with van der Waals surface area (Å²) in [5.74, 6) is -0.111. The third-order valence-electron chi connectivity index (χ3n) is 3.15. The zero-order chi connectivity index (χ0) is 14.2. The molecule has 2 aromatic heterocycles. The van der Waals surface area contributed by atoms with Gasteiger partial charge < -0.3 is 10.3 Å². The van der Waals surface area contributed by atoms with Gasteiger partial charge in [0.25, 0.3) is 5.56 Å². The van der Waals surface area contributed by atoms with Gasteiger partial charge in [-0.1, -0.05) is 0 Å². The summed E-state index contributed by atoms with van der Waals surface area (Å²) < 4.78 is 1.81. The van der Waals surface area contributed by atoms with Gasteiger partial charge in [-0.2, -0.15) is 0 Å². The number of carbonyl (C=O) groups is 1. The van der Waals surface area contributed by atoms with Gasteiger partial charge in [0.1, 0.15) is 4.83 Å². The molecule has 0 aromatic carbocycles. The van der Waals surface area contributed by atoms with Crippen LogP contribution in [0.3, 0.4) is 0 Å². The van der Waals surface area contributed by atoms with Gasteiger partial charge in [0, 0.05) is 24.9 Å². The normalized spacial score (nSPS) is 10.9. The largest absolute Gasteiger partial charge is 0.359 e. The van der Waals surface area contributed by atoms with Gasteiger partial charge in [-0.15, -0.1) is 11.3 Å². The van der Waals surface area contributed by atoms with E-state index in [-0.39, 0.29) is 24.4 Å². The molecule has 0 bridgehead atoms. The summed E-state index contributed by atoms with van der Waals surface area (Å²) in [6.45, 7) is 4.19. The number of H-pyrrole nitrogens is 1. The van der Waals surface area contributed by atoms with Crippen molar-refractivity contribution in [2.45, 2.75) is 26.8 Å². The summed E-state index contributed by atoms with van der Waals surface area (Å²) in [6, 6.07) is 0. The molecule has 0 fully saturated rings. The van der Waals surface area contributed by atoms with Gasteiger partial charge in [0.05, 0.1) is 5.39 Å². The minimum Gasteiger partial charge on any atom is -0.359 e. The van der Waals surface area contributed by atoms with Crippen LogP contribution in [0.15, 0.2) is 4.79 Å². The molecule has 2 rings (SSSR count). The van der Waals surface area contributed by atoms with Crippen molar-refractivity contribution in [3.8, 4) is 0 Å². The molecule has 0 aliphatic heterocycles. The minimum absolute atomic E-state index is 0.111. The number of aromatic amines is 1. The molecule has 19 heavy (non-hydrogen) atoms. The molecular weight excluding hydrogens is 282 g/mol. The van der Waals surface area contributed by atoms with Crippen LogP contribution in [0.2, 0.25) is 0 Å². The van der Waals surface area contributed by atoms with Gasteiger partial charge in [0.2, 0.25) is 5.91 Å². The Kier molecular flexibility index (Phi) is 3.86. The van der Waals surface area contributed by atoms with Crippen LogP contribution < -0.4 is 10.9 Å². The smallest absolute Gasteiger partial charge is 0.263 e. The molecular formula is C12H15N3O2S2. The summed E-state index contributed by atoms with van der Waals surface area (Å²) in [5, 5.41) is 3.20. The molecule has 2 heterocycles. The third kappa shape index (κ3) is 2.48. The fourth-order valence-electron chi connectivity index (χ4n) is 1.91. The lowest BCUT2D eigenvalue weighted by molar-refractivity contribution is -0.120. The standard InChI is InChI=1S/C12H15N3O2S2/c1-6-7(2)19-10-9(6)11(17)15(12(18)14-10)5-4-8(16)13-3/h4-5H2,1-3H3,(H,13,16)(H,14,18). The number of thiophene rings is 1. The zero-order valence-corrected chi connectivity index (χ0v) is 12.6. The number of hydrogen-bond donors (Lipinski definition) is 2. The zero-order valence-electron chi connectivity index (χ0n) is 11.0. The van der Waals surface area contributed by atoms with E-state index in [1.165, 1.54) is 15.9 Å². The monoisotopic (exact) mass is 297 g/mol. The predicted octanol–water partition coefficient (Wildman–Crippen LogP) is 1.87. The van der Waals surface area contributed by atoms with Crippen molar-refractivity contribution in [2.24, 2.45) is 0 Å². The van der Waals surface area contributed by atoms with E-state index in [1.54, 1.807) is 7.05 Å². The van der Waals surface area contributed by atoms with E-state index in [0.717, 1.165) is 15.3 Å². The molecule has 0 saturated heterocycles. The molecule has 0 atom stereocenters. The number of aromatic nitrogens is 2. The third-order valence-corrected chi connectivity index (χ3v) is 4.60. The number of aryl methyl sites for hydroxylation is 2. The van der Waals surface area contributed by atoms with Crippen LogP contribution in [0.5, 0.6) is 0 Å². The molecule has 1 amide bonds. The van der Waals surface area contributed by atoms with Crippen LogP contribution in [0.4, 0.5) is 0 Å². The Bertz CT molecular complexity index is 755. The van der Waals surface area contributed by atoms with Crippen molar-refractivity contribution in [1.29, 1.82) is 0 Å². The predicted molar refractivity (Wildman–Crippen MR) is 79.4 cm³/mol. The summed E-state index contributed by atoms with van der Waals surface area (Å²) in [4.78, 5) is 28.7. The average molecular weight is 297 g/mol. The van der Waals surface area contributed by atoms with Crippen LogP contribution in [-0.2, 0) is 11.3 Å². The minimum atomic E-state index is -0.121. The first kappa shape index (κ1) is 14.0. The Morgan fingerprint density at radius 3 is 2.79 bits per heavy atom. The van der Waals surface area contributed by atoms with Gasteiger partial charge >= 0.3 is 0 Å². The second kappa shape index (κ2) is 5.26. The lowest BCUT2D eigenvalue weighted by atomic mass is 10.2. The number of nitrogens with zero attached hydrogens (tertiary/aromatic N) is 1. The van der Waals surface area contributed by atoms with E-state index < -0.39 is 0 Å². The molecule has 0 aliphatic rings. The highest BCUT2D eigenvalue weighted by Crippen LogP contribution is 2.25. The van der Waals surface area contributed by atoms with Crippen LogP contribution >= 0.6 is 23.6 Å². The summed E-state index contributed by atoms with van der Waals surface area (Å²) >= 11 is 6.72. The molecule has 0 spiro atoms. The Morgan fingerprint density at radius 2 is 2.16 bits per heavy atom. The molecule has 7 heteroatoms. The summed E-state index contributed by atoms with van der Waals surface area (Å²) in [7, 11) is 1.57. The Hall–Kier alpha value is -1.47. The number of carbonyl (C=O) groups excluding carboxylic acids is 1. The first-order valence-corrected chi connectivity index (χ1v) is 7.11. The highest BCUT2D eigenvalue weighted by Gasteiger charge is 2.13. The first-order chi connectivity index (χ1) is 8.95. The number of rotatable bonds is 3. The molecule has 0 unspecified atom stereocenters. The maximum Gasteiger partial charge on any atom is 0.263 e. The van der Waals surface area contributed by atoms with Crippen molar-refractivity contribution < 1.29 is 4.79 Å². The quantitative estimate of drug-likeness (QED) is 0.850. The Morgan fingerprint density at radius 1 is 1.47 bits per heavy atom. The maximum absolute atomic E-state index is 12.4. The fraction of sp³-hybridized carbons (Fsp3) is 0.417. The first-order valence-electron chi connectivity index (χ1n) is 5.89. The average Bonchev–Trinajstić information content (AvgIpc) is 2.64. The van der Waals surface area contributed by atoms with E-state index in [2.05, 4.69) is 10.3 Å². The van der Waals surface area contributed by atoms with Crippen molar-refractivity contribution in [2.75, 3.05) is 7.05 Å². The van der Waals surface area contributed by atoms with Crippen molar-refractivity contribution >= 4 is 39.7 Å². The van der Waals surface area contributed by atoms with E-state index in [1.807, 2.05) is 13.8 Å². The number of nitrogens with one attached hydrogen (secondary N) is 2. The molecule has 2 N–H and O–H groups in total. The molecule has 0 aliphatic carbocycles. The lowest BCUT2D eigenvalue weighted by Gasteiger charge is -2.06. The SMILES string of the molecule is CNC(=O)CCn1c(=S)[nH]c2sc(C)c(C)c2c1=O. The lowest BCUT2D eigenvalue weighted by Crippen LogP contribution is -2.26. The second-order valence-corrected chi connectivity index (χ2v) is 5.91.